The highest BCUT2D eigenvalue weighted by atomic mass is 15.1. The van der Waals surface area contributed by atoms with Crippen LogP contribution in [0.15, 0.2) is 48.7 Å². The third kappa shape index (κ3) is 1.85. The fourth-order valence-corrected chi connectivity index (χ4v) is 1.95. The van der Waals surface area contributed by atoms with Crippen LogP contribution in [0.25, 0.3) is 10.9 Å². The Bertz CT molecular complexity index is 735. The average molecular weight is 232 g/mol. The van der Waals surface area contributed by atoms with E-state index in [1.54, 1.807) is 6.20 Å². The van der Waals surface area contributed by atoms with Crippen molar-refractivity contribution in [2.75, 3.05) is 0 Å². The molecule has 85 valence electrons. The van der Waals surface area contributed by atoms with Gasteiger partial charge in [0.1, 0.15) is 0 Å². The molecule has 0 saturated heterocycles. The predicted octanol–water partition coefficient (Wildman–Crippen LogP) is 3.04. The Kier molecular flexibility index (Phi) is 2.54. The zero-order valence-corrected chi connectivity index (χ0v) is 9.59. The minimum Gasteiger partial charge on any atom is -0.278 e. The molecular formula is C15H10N3. The van der Waals surface area contributed by atoms with Gasteiger partial charge in [0.25, 0.3) is 0 Å². The Morgan fingerprint density at radius 3 is 2.94 bits per heavy atom. The first-order valence-corrected chi connectivity index (χ1v) is 5.64. The molecule has 2 aromatic carbocycles. The lowest BCUT2D eigenvalue weighted by atomic mass is 10.00. The molecule has 0 fully saturated rings. The maximum Gasteiger partial charge on any atom is 0.0994 e. The zero-order chi connectivity index (χ0) is 12.4. The summed E-state index contributed by atoms with van der Waals surface area (Å²) in [5, 5.41) is 17.1. The number of aromatic nitrogens is 2. The summed E-state index contributed by atoms with van der Waals surface area (Å²) in [5.41, 5.74) is 3.66. The summed E-state index contributed by atoms with van der Waals surface area (Å²) in [5.74, 6) is 0. The number of nitriles is 1. The van der Waals surface area contributed by atoms with Crippen molar-refractivity contribution in [1.82, 2.24) is 10.2 Å². The molecule has 3 heteroatoms. The van der Waals surface area contributed by atoms with Crippen LogP contribution in [-0.4, -0.2) is 10.2 Å². The van der Waals surface area contributed by atoms with E-state index in [9.17, 15) is 0 Å². The molecule has 0 spiro atoms. The van der Waals surface area contributed by atoms with Gasteiger partial charge >= 0.3 is 0 Å². The fourth-order valence-electron chi connectivity index (χ4n) is 1.95. The van der Waals surface area contributed by atoms with Crippen LogP contribution in [0, 0.1) is 17.8 Å². The van der Waals surface area contributed by atoms with Gasteiger partial charge in [0.15, 0.2) is 0 Å². The van der Waals surface area contributed by atoms with Crippen molar-refractivity contribution in [1.29, 1.82) is 5.26 Å². The molecular weight excluding hydrogens is 222 g/mol. The second-order valence-electron chi connectivity index (χ2n) is 4.06. The third-order valence-corrected chi connectivity index (χ3v) is 2.87. The second kappa shape index (κ2) is 4.34. The van der Waals surface area contributed by atoms with E-state index in [2.05, 4.69) is 16.3 Å². The first-order chi connectivity index (χ1) is 8.86. The zero-order valence-electron chi connectivity index (χ0n) is 9.59. The molecule has 3 rings (SSSR count). The normalized spacial score (nSPS) is 10.4. The summed E-state index contributed by atoms with van der Waals surface area (Å²) < 4.78 is 0. The number of fused-ring (bicyclic) bond motifs is 1. The van der Waals surface area contributed by atoms with E-state index in [4.69, 9.17) is 5.26 Å². The van der Waals surface area contributed by atoms with Crippen LogP contribution in [0.2, 0.25) is 0 Å². The molecule has 0 aliphatic rings. The van der Waals surface area contributed by atoms with E-state index in [1.807, 2.05) is 48.9 Å². The number of hydrogen-bond donors (Lipinski definition) is 1. The van der Waals surface area contributed by atoms with Gasteiger partial charge in [-0.05, 0) is 23.3 Å². The second-order valence-corrected chi connectivity index (χ2v) is 4.06. The van der Waals surface area contributed by atoms with Crippen LogP contribution in [0.3, 0.4) is 0 Å². The molecule has 3 nitrogen and oxygen atoms in total. The lowest BCUT2D eigenvalue weighted by Gasteiger charge is -2.03. The lowest BCUT2D eigenvalue weighted by molar-refractivity contribution is 1.12. The van der Waals surface area contributed by atoms with Crippen LogP contribution in [0.5, 0.6) is 0 Å². The molecule has 18 heavy (non-hydrogen) atoms. The van der Waals surface area contributed by atoms with Gasteiger partial charge in [0.2, 0.25) is 0 Å². The largest absolute Gasteiger partial charge is 0.278 e. The van der Waals surface area contributed by atoms with Gasteiger partial charge in [0.05, 0.1) is 23.3 Å². The SMILES string of the molecule is N#Cc1ccccc1[CH]c1ccc2cn[nH]c2c1. The summed E-state index contributed by atoms with van der Waals surface area (Å²) in [4.78, 5) is 0. The van der Waals surface area contributed by atoms with Crippen LogP contribution < -0.4 is 0 Å². The van der Waals surface area contributed by atoms with Crippen molar-refractivity contribution in [2.24, 2.45) is 0 Å². The third-order valence-electron chi connectivity index (χ3n) is 2.87. The molecule has 0 amide bonds. The molecule has 1 radical (unpaired) electrons. The average Bonchev–Trinajstić information content (AvgIpc) is 2.87. The summed E-state index contributed by atoms with van der Waals surface area (Å²) >= 11 is 0. The van der Waals surface area contributed by atoms with Gasteiger partial charge in [-0.3, -0.25) is 5.10 Å². The molecule has 1 N–H and O–H groups in total. The van der Waals surface area contributed by atoms with E-state index in [-0.39, 0.29) is 0 Å². The predicted molar refractivity (Wildman–Crippen MR) is 69.8 cm³/mol. The van der Waals surface area contributed by atoms with Crippen molar-refractivity contribution in [3.63, 3.8) is 0 Å². The highest BCUT2D eigenvalue weighted by Crippen LogP contribution is 2.19. The molecule has 1 heterocycles. The van der Waals surface area contributed by atoms with Gasteiger partial charge in [-0.1, -0.05) is 30.3 Å². The number of aromatic amines is 1. The van der Waals surface area contributed by atoms with Gasteiger partial charge < -0.3 is 0 Å². The molecule has 0 aliphatic heterocycles. The summed E-state index contributed by atoms with van der Waals surface area (Å²) in [7, 11) is 0. The van der Waals surface area contributed by atoms with Crippen molar-refractivity contribution in [3.05, 3.63) is 71.8 Å². The van der Waals surface area contributed by atoms with Crippen molar-refractivity contribution in [2.45, 2.75) is 0 Å². The fraction of sp³-hybridized carbons (Fsp3) is 0. The van der Waals surface area contributed by atoms with E-state index >= 15 is 0 Å². The number of rotatable bonds is 2. The highest BCUT2D eigenvalue weighted by molar-refractivity contribution is 5.79. The van der Waals surface area contributed by atoms with Crippen LogP contribution >= 0.6 is 0 Å². The number of hydrogen-bond acceptors (Lipinski definition) is 2. The van der Waals surface area contributed by atoms with Crippen LogP contribution in [-0.2, 0) is 0 Å². The topological polar surface area (TPSA) is 52.5 Å². The molecule has 0 saturated carbocycles. The molecule has 0 atom stereocenters. The molecule has 0 unspecified atom stereocenters. The number of nitrogens with one attached hydrogen (secondary N) is 1. The summed E-state index contributed by atoms with van der Waals surface area (Å²) in [6.45, 7) is 0. The van der Waals surface area contributed by atoms with E-state index in [0.717, 1.165) is 22.0 Å². The Hall–Kier alpha value is -2.60. The smallest absolute Gasteiger partial charge is 0.0994 e. The number of benzene rings is 2. The minimum atomic E-state index is 0.683. The first kappa shape index (κ1) is 10.5. The quantitative estimate of drug-likeness (QED) is 0.738. The maximum absolute atomic E-state index is 9.05. The molecule has 1 aromatic heterocycles. The van der Waals surface area contributed by atoms with Gasteiger partial charge in [-0.2, -0.15) is 10.4 Å². The van der Waals surface area contributed by atoms with Crippen LogP contribution in [0.1, 0.15) is 16.7 Å². The minimum absolute atomic E-state index is 0.683. The first-order valence-electron chi connectivity index (χ1n) is 5.64. The Labute approximate surface area is 105 Å². The summed E-state index contributed by atoms with van der Waals surface area (Å²) in [6, 6.07) is 15.8. The maximum atomic E-state index is 9.05. The van der Waals surface area contributed by atoms with Crippen molar-refractivity contribution in [3.8, 4) is 6.07 Å². The molecule has 3 aromatic rings. The van der Waals surface area contributed by atoms with E-state index in [0.29, 0.717) is 5.56 Å². The highest BCUT2D eigenvalue weighted by Gasteiger charge is 2.04. The Morgan fingerprint density at radius 1 is 1.17 bits per heavy atom. The van der Waals surface area contributed by atoms with Gasteiger partial charge in [0, 0.05) is 11.8 Å². The molecule has 0 bridgehead atoms. The van der Waals surface area contributed by atoms with Gasteiger partial charge in [-0.15, -0.1) is 0 Å². The number of H-pyrrole nitrogens is 1. The summed E-state index contributed by atoms with van der Waals surface area (Å²) in [6.07, 6.45) is 3.79. The lowest BCUT2D eigenvalue weighted by Crippen LogP contribution is -1.89. The van der Waals surface area contributed by atoms with Crippen molar-refractivity contribution < 1.29 is 0 Å². The van der Waals surface area contributed by atoms with Crippen molar-refractivity contribution >= 4 is 10.9 Å². The van der Waals surface area contributed by atoms with E-state index in [1.165, 1.54) is 0 Å². The number of nitrogens with zero attached hydrogens (tertiary/aromatic N) is 2. The molecule has 0 aliphatic carbocycles. The van der Waals surface area contributed by atoms with Gasteiger partial charge in [-0.25, -0.2) is 0 Å². The Morgan fingerprint density at radius 2 is 2.06 bits per heavy atom. The van der Waals surface area contributed by atoms with Crippen LogP contribution in [0.4, 0.5) is 0 Å². The standard InChI is InChI=1S/C15H10N3/c16-9-13-4-2-1-3-12(13)7-11-5-6-14-10-17-18-15(14)8-11/h1-8,10H,(H,17,18). The Balaban J connectivity index is 1.98. The monoisotopic (exact) mass is 232 g/mol. The van der Waals surface area contributed by atoms with E-state index < -0.39 is 0 Å².